The smallest absolute Gasteiger partial charge is 0.234 e. The van der Waals surface area contributed by atoms with Crippen molar-refractivity contribution in [2.45, 2.75) is 18.6 Å². The Morgan fingerprint density at radius 1 is 1.62 bits per heavy atom. The van der Waals surface area contributed by atoms with Gasteiger partial charge in [-0.05, 0) is 17.5 Å². The highest BCUT2D eigenvalue weighted by Gasteiger charge is 2.11. The largest absolute Gasteiger partial charge is 0.368 e. The molecule has 0 aromatic heterocycles. The van der Waals surface area contributed by atoms with Gasteiger partial charge in [-0.15, -0.1) is 0 Å². The van der Waals surface area contributed by atoms with Crippen LogP contribution in [0, 0.1) is 0 Å². The van der Waals surface area contributed by atoms with Crippen LogP contribution in [0.1, 0.15) is 23.3 Å². The van der Waals surface area contributed by atoms with Gasteiger partial charge < -0.3 is 5.73 Å². The minimum absolute atomic E-state index is 0.406. The molecule has 0 fully saturated rings. The average molecular weight is 195 g/mol. The number of aryl methyl sites for hydroxylation is 1. The Kier molecular flexibility index (Phi) is 3.37. The summed E-state index contributed by atoms with van der Waals surface area (Å²) in [6.45, 7) is 2.07. The Morgan fingerprint density at radius 2 is 2.31 bits per heavy atom. The van der Waals surface area contributed by atoms with E-state index >= 15 is 0 Å². The lowest BCUT2D eigenvalue weighted by Crippen LogP contribution is -2.17. The minimum Gasteiger partial charge on any atom is -0.368 e. The number of benzene rings is 1. The van der Waals surface area contributed by atoms with Crippen LogP contribution in [-0.4, -0.2) is 5.91 Å². The molecule has 1 rings (SSSR count). The van der Waals surface area contributed by atoms with E-state index < -0.39 is 11.2 Å². The first kappa shape index (κ1) is 10.1. The van der Waals surface area contributed by atoms with E-state index in [2.05, 4.69) is 19.6 Å². The van der Waals surface area contributed by atoms with Gasteiger partial charge in [0, 0.05) is 0 Å². The van der Waals surface area contributed by atoms with Gasteiger partial charge in [0.1, 0.15) is 5.25 Å². The van der Waals surface area contributed by atoms with Crippen LogP contribution in [0.5, 0.6) is 0 Å². The number of hydrogen-bond donors (Lipinski definition) is 2. The van der Waals surface area contributed by atoms with Crippen molar-refractivity contribution in [3.8, 4) is 0 Å². The second-order valence-corrected chi connectivity index (χ2v) is 3.42. The lowest BCUT2D eigenvalue weighted by Gasteiger charge is -2.07. The number of thiol groups is 1. The van der Waals surface area contributed by atoms with E-state index in [9.17, 15) is 4.79 Å². The zero-order valence-electron chi connectivity index (χ0n) is 7.53. The zero-order valence-corrected chi connectivity index (χ0v) is 8.42. The normalized spacial score (nSPS) is 12.5. The molecule has 1 aromatic rings. The summed E-state index contributed by atoms with van der Waals surface area (Å²) in [5, 5.41) is -0.494. The molecule has 2 nitrogen and oxygen atoms in total. The van der Waals surface area contributed by atoms with E-state index in [-0.39, 0.29) is 0 Å². The third kappa shape index (κ3) is 2.49. The standard InChI is InChI=1S/C10H13NOS/c1-2-7-4-3-5-8(6-7)9(13)10(11)12/h3-6,9,13H,2H2,1H3,(H2,11,12). The number of primary amides is 1. The number of nitrogens with two attached hydrogens (primary N) is 1. The molecule has 0 aliphatic rings. The third-order valence-corrected chi connectivity index (χ3v) is 2.50. The molecule has 1 atom stereocenters. The first-order valence-electron chi connectivity index (χ1n) is 4.21. The van der Waals surface area contributed by atoms with Crippen molar-refractivity contribution in [2.75, 3.05) is 0 Å². The molecule has 13 heavy (non-hydrogen) atoms. The Hall–Kier alpha value is -0.960. The van der Waals surface area contributed by atoms with Gasteiger partial charge in [0.2, 0.25) is 5.91 Å². The van der Waals surface area contributed by atoms with Crippen molar-refractivity contribution in [2.24, 2.45) is 5.73 Å². The summed E-state index contributed by atoms with van der Waals surface area (Å²) in [5.74, 6) is -0.406. The molecule has 0 spiro atoms. The van der Waals surface area contributed by atoms with Gasteiger partial charge in [0.15, 0.2) is 0 Å². The molecule has 0 saturated carbocycles. The Morgan fingerprint density at radius 3 is 2.85 bits per heavy atom. The van der Waals surface area contributed by atoms with Crippen molar-refractivity contribution < 1.29 is 4.79 Å². The van der Waals surface area contributed by atoms with Crippen LogP contribution in [-0.2, 0) is 11.2 Å². The van der Waals surface area contributed by atoms with E-state index in [4.69, 9.17) is 5.73 Å². The number of carbonyl (C=O) groups is 1. The molecule has 0 saturated heterocycles. The maximum Gasteiger partial charge on any atom is 0.234 e. The second kappa shape index (κ2) is 4.33. The van der Waals surface area contributed by atoms with Gasteiger partial charge in [-0.25, -0.2) is 0 Å². The quantitative estimate of drug-likeness (QED) is 0.708. The highest BCUT2D eigenvalue weighted by atomic mass is 32.1. The molecule has 0 aliphatic carbocycles. The highest BCUT2D eigenvalue weighted by Crippen LogP contribution is 2.20. The van der Waals surface area contributed by atoms with E-state index in [1.54, 1.807) is 0 Å². The zero-order chi connectivity index (χ0) is 9.84. The highest BCUT2D eigenvalue weighted by molar-refractivity contribution is 7.81. The molecule has 0 bridgehead atoms. The fraction of sp³-hybridized carbons (Fsp3) is 0.300. The van der Waals surface area contributed by atoms with Gasteiger partial charge in [0.05, 0.1) is 0 Å². The van der Waals surface area contributed by atoms with Crippen LogP contribution in [0.3, 0.4) is 0 Å². The van der Waals surface area contributed by atoms with Crippen LogP contribution in [0.15, 0.2) is 24.3 Å². The van der Waals surface area contributed by atoms with Gasteiger partial charge >= 0.3 is 0 Å². The van der Waals surface area contributed by atoms with E-state index in [0.717, 1.165) is 12.0 Å². The number of amides is 1. The van der Waals surface area contributed by atoms with Crippen LogP contribution in [0.2, 0.25) is 0 Å². The maximum atomic E-state index is 10.8. The lowest BCUT2D eigenvalue weighted by atomic mass is 10.1. The average Bonchev–Trinajstić information content (AvgIpc) is 2.16. The second-order valence-electron chi connectivity index (χ2n) is 2.90. The van der Waals surface area contributed by atoms with Crippen LogP contribution < -0.4 is 5.73 Å². The summed E-state index contributed by atoms with van der Waals surface area (Å²) >= 11 is 4.13. The molecular formula is C10H13NOS. The van der Waals surface area contributed by atoms with Gasteiger partial charge in [0.25, 0.3) is 0 Å². The van der Waals surface area contributed by atoms with Crippen molar-refractivity contribution in [1.29, 1.82) is 0 Å². The fourth-order valence-corrected chi connectivity index (χ4v) is 1.31. The van der Waals surface area contributed by atoms with E-state index in [0.29, 0.717) is 0 Å². The topological polar surface area (TPSA) is 43.1 Å². The third-order valence-electron chi connectivity index (χ3n) is 1.94. The summed E-state index contributed by atoms with van der Waals surface area (Å²) in [7, 11) is 0. The lowest BCUT2D eigenvalue weighted by molar-refractivity contribution is -0.117. The molecule has 3 heteroatoms. The molecule has 1 unspecified atom stereocenters. The molecule has 1 amide bonds. The molecule has 70 valence electrons. The molecule has 0 aliphatic heterocycles. The molecule has 0 radical (unpaired) electrons. The first-order chi connectivity index (χ1) is 6.15. The number of rotatable bonds is 3. The van der Waals surface area contributed by atoms with Crippen molar-refractivity contribution in [1.82, 2.24) is 0 Å². The molecule has 1 aromatic carbocycles. The Balaban J connectivity index is 2.94. The van der Waals surface area contributed by atoms with Crippen molar-refractivity contribution in [3.05, 3.63) is 35.4 Å². The molecule has 0 heterocycles. The van der Waals surface area contributed by atoms with Crippen LogP contribution in [0.4, 0.5) is 0 Å². The summed E-state index contributed by atoms with van der Waals surface area (Å²) in [4.78, 5) is 10.8. The fourth-order valence-electron chi connectivity index (χ4n) is 1.15. The predicted molar refractivity (Wildman–Crippen MR) is 56.7 cm³/mol. The first-order valence-corrected chi connectivity index (χ1v) is 4.73. The van der Waals surface area contributed by atoms with E-state index in [1.807, 2.05) is 24.3 Å². The predicted octanol–water partition coefficient (Wildman–Crippen LogP) is 1.71. The Labute approximate surface area is 83.5 Å². The van der Waals surface area contributed by atoms with Crippen molar-refractivity contribution in [3.63, 3.8) is 0 Å². The molecule has 2 N–H and O–H groups in total. The maximum absolute atomic E-state index is 10.8. The summed E-state index contributed by atoms with van der Waals surface area (Å²) < 4.78 is 0. The van der Waals surface area contributed by atoms with Gasteiger partial charge in [-0.3, -0.25) is 4.79 Å². The SMILES string of the molecule is CCc1cccc(C(S)C(N)=O)c1. The summed E-state index contributed by atoms with van der Waals surface area (Å²) in [6.07, 6.45) is 0.951. The monoisotopic (exact) mass is 195 g/mol. The van der Waals surface area contributed by atoms with Gasteiger partial charge in [-0.2, -0.15) is 12.6 Å². The van der Waals surface area contributed by atoms with Crippen molar-refractivity contribution >= 4 is 18.5 Å². The van der Waals surface area contributed by atoms with Crippen LogP contribution >= 0.6 is 12.6 Å². The van der Waals surface area contributed by atoms with E-state index in [1.165, 1.54) is 5.56 Å². The number of hydrogen-bond acceptors (Lipinski definition) is 2. The Bertz CT molecular complexity index is 312. The van der Waals surface area contributed by atoms with Gasteiger partial charge in [-0.1, -0.05) is 31.2 Å². The number of carbonyl (C=O) groups excluding carboxylic acids is 1. The molecular weight excluding hydrogens is 182 g/mol. The summed E-state index contributed by atoms with van der Waals surface area (Å²) in [6, 6.07) is 7.76. The summed E-state index contributed by atoms with van der Waals surface area (Å²) in [5.41, 5.74) is 7.21. The van der Waals surface area contributed by atoms with Crippen LogP contribution in [0.25, 0.3) is 0 Å². The minimum atomic E-state index is -0.494.